The van der Waals surface area contributed by atoms with Crippen molar-refractivity contribution in [2.24, 2.45) is 0 Å². The summed E-state index contributed by atoms with van der Waals surface area (Å²) in [6.45, 7) is 1.52. The lowest BCUT2D eigenvalue weighted by Crippen LogP contribution is -1.95. The van der Waals surface area contributed by atoms with Gasteiger partial charge in [-0.05, 0) is 28.8 Å². The van der Waals surface area contributed by atoms with Crippen molar-refractivity contribution in [1.29, 1.82) is 0 Å². The number of benzene rings is 2. The summed E-state index contributed by atoms with van der Waals surface area (Å²) in [4.78, 5) is 0. The van der Waals surface area contributed by atoms with Gasteiger partial charge in [0.25, 0.3) is 0 Å². The van der Waals surface area contributed by atoms with Crippen LogP contribution in [0.4, 0.5) is 0 Å². The molecule has 0 N–H and O–H groups in total. The van der Waals surface area contributed by atoms with Gasteiger partial charge in [-0.2, -0.15) is 0 Å². The molecule has 0 spiro atoms. The lowest BCUT2D eigenvalue weighted by molar-refractivity contribution is 0.122. The van der Waals surface area contributed by atoms with Crippen molar-refractivity contribution in [3.8, 4) is 0 Å². The van der Waals surface area contributed by atoms with E-state index in [2.05, 4.69) is 58.4 Å². The maximum atomic E-state index is 5.58. The molecule has 0 fully saturated rings. The zero-order chi connectivity index (χ0) is 11.2. The summed E-state index contributed by atoms with van der Waals surface area (Å²) >= 11 is 3.39. The molecule has 0 aromatic heterocycles. The lowest BCUT2D eigenvalue weighted by atomic mass is 10.1. The van der Waals surface area contributed by atoms with Crippen LogP contribution >= 0.6 is 15.9 Å². The standard InChI is InChI=1S/C14H15BrO/c15-8-3-9-16-11-12-6-7-13-4-1-2-5-14(13)10-12/h1-2,4-7,10H,3,8-9,11H2. The molecular formula is C14H15BrO. The number of rotatable bonds is 5. The van der Waals surface area contributed by atoms with Gasteiger partial charge >= 0.3 is 0 Å². The second kappa shape index (κ2) is 6.02. The summed E-state index contributed by atoms with van der Waals surface area (Å²) in [6.07, 6.45) is 1.06. The molecule has 0 aliphatic carbocycles. The van der Waals surface area contributed by atoms with Gasteiger partial charge in [0, 0.05) is 11.9 Å². The van der Waals surface area contributed by atoms with Gasteiger partial charge in [0.05, 0.1) is 6.61 Å². The van der Waals surface area contributed by atoms with Crippen LogP contribution in [0.3, 0.4) is 0 Å². The van der Waals surface area contributed by atoms with Crippen molar-refractivity contribution in [1.82, 2.24) is 0 Å². The van der Waals surface area contributed by atoms with Crippen LogP contribution in [0, 0.1) is 0 Å². The molecule has 2 heteroatoms. The van der Waals surface area contributed by atoms with Crippen LogP contribution in [-0.2, 0) is 11.3 Å². The van der Waals surface area contributed by atoms with Crippen molar-refractivity contribution in [3.63, 3.8) is 0 Å². The minimum Gasteiger partial charge on any atom is -0.377 e. The third-order valence-electron chi connectivity index (χ3n) is 2.50. The highest BCUT2D eigenvalue weighted by Crippen LogP contribution is 2.16. The highest BCUT2D eigenvalue weighted by Gasteiger charge is 1.96. The van der Waals surface area contributed by atoms with Gasteiger partial charge in [-0.25, -0.2) is 0 Å². The highest BCUT2D eigenvalue weighted by atomic mass is 79.9. The summed E-state index contributed by atoms with van der Waals surface area (Å²) in [5.41, 5.74) is 1.24. The van der Waals surface area contributed by atoms with Crippen molar-refractivity contribution < 1.29 is 4.74 Å². The Bertz CT molecular complexity index is 453. The van der Waals surface area contributed by atoms with Crippen LogP contribution in [0.25, 0.3) is 10.8 Å². The van der Waals surface area contributed by atoms with E-state index in [4.69, 9.17) is 4.74 Å². The van der Waals surface area contributed by atoms with Gasteiger partial charge in [0.15, 0.2) is 0 Å². The van der Waals surface area contributed by atoms with Crippen molar-refractivity contribution in [2.75, 3.05) is 11.9 Å². The van der Waals surface area contributed by atoms with Crippen molar-refractivity contribution >= 4 is 26.7 Å². The van der Waals surface area contributed by atoms with Gasteiger partial charge in [-0.1, -0.05) is 52.3 Å². The number of hydrogen-bond donors (Lipinski definition) is 0. The Morgan fingerprint density at radius 1 is 1.00 bits per heavy atom. The Morgan fingerprint density at radius 2 is 1.81 bits per heavy atom. The fraction of sp³-hybridized carbons (Fsp3) is 0.286. The topological polar surface area (TPSA) is 9.23 Å². The quantitative estimate of drug-likeness (QED) is 0.590. The van der Waals surface area contributed by atoms with Crippen molar-refractivity contribution in [3.05, 3.63) is 48.0 Å². The van der Waals surface area contributed by atoms with E-state index >= 15 is 0 Å². The van der Waals surface area contributed by atoms with Crippen LogP contribution in [0.5, 0.6) is 0 Å². The predicted octanol–water partition coefficient (Wildman–Crippen LogP) is 4.14. The number of hydrogen-bond acceptors (Lipinski definition) is 1. The highest BCUT2D eigenvalue weighted by molar-refractivity contribution is 9.09. The molecular weight excluding hydrogens is 264 g/mol. The van der Waals surface area contributed by atoms with E-state index in [1.807, 2.05) is 0 Å². The SMILES string of the molecule is BrCCCOCc1ccc2ccccc2c1. The normalized spacial score (nSPS) is 10.8. The molecule has 0 aliphatic heterocycles. The van der Waals surface area contributed by atoms with Gasteiger partial charge in [0.1, 0.15) is 0 Å². The zero-order valence-electron chi connectivity index (χ0n) is 9.16. The molecule has 0 aliphatic rings. The fourth-order valence-corrected chi connectivity index (χ4v) is 1.90. The predicted molar refractivity (Wildman–Crippen MR) is 72.0 cm³/mol. The van der Waals surface area contributed by atoms with E-state index in [0.717, 1.165) is 18.4 Å². The average molecular weight is 279 g/mol. The average Bonchev–Trinajstić information content (AvgIpc) is 2.34. The van der Waals surface area contributed by atoms with E-state index in [0.29, 0.717) is 6.61 Å². The molecule has 2 aromatic carbocycles. The fourth-order valence-electron chi connectivity index (χ4n) is 1.68. The van der Waals surface area contributed by atoms with Gasteiger partial charge in [-0.15, -0.1) is 0 Å². The second-order valence-corrected chi connectivity index (χ2v) is 4.57. The van der Waals surface area contributed by atoms with Crippen LogP contribution in [0.15, 0.2) is 42.5 Å². The Kier molecular flexibility index (Phi) is 4.37. The lowest BCUT2D eigenvalue weighted by Gasteiger charge is -2.04. The summed E-state index contributed by atoms with van der Waals surface area (Å²) in [5.74, 6) is 0. The first-order chi connectivity index (χ1) is 7.90. The van der Waals surface area contributed by atoms with Gasteiger partial charge in [-0.3, -0.25) is 0 Å². The first kappa shape index (κ1) is 11.6. The number of fused-ring (bicyclic) bond motifs is 1. The summed E-state index contributed by atoms with van der Waals surface area (Å²) in [6, 6.07) is 14.9. The van der Waals surface area contributed by atoms with E-state index in [1.54, 1.807) is 0 Å². The molecule has 2 rings (SSSR count). The first-order valence-corrected chi connectivity index (χ1v) is 6.64. The zero-order valence-corrected chi connectivity index (χ0v) is 10.7. The van der Waals surface area contributed by atoms with E-state index in [-0.39, 0.29) is 0 Å². The molecule has 84 valence electrons. The minimum absolute atomic E-state index is 0.706. The largest absolute Gasteiger partial charge is 0.377 e. The van der Waals surface area contributed by atoms with Crippen LogP contribution < -0.4 is 0 Å². The maximum absolute atomic E-state index is 5.58. The number of alkyl halides is 1. The summed E-state index contributed by atoms with van der Waals surface area (Å²) in [5, 5.41) is 3.57. The van der Waals surface area contributed by atoms with Gasteiger partial charge in [0.2, 0.25) is 0 Å². The Balaban J connectivity index is 2.02. The van der Waals surface area contributed by atoms with E-state index in [9.17, 15) is 0 Å². The molecule has 0 atom stereocenters. The molecule has 0 heterocycles. The Hall–Kier alpha value is -0.860. The molecule has 16 heavy (non-hydrogen) atoms. The Labute approximate surface area is 105 Å². The van der Waals surface area contributed by atoms with Crippen molar-refractivity contribution in [2.45, 2.75) is 13.0 Å². The monoisotopic (exact) mass is 278 g/mol. The summed E-state index contributed by atoms with van der Waals surface area (Å²) in [7, 11) is 0. The number of halogens is 1. The molecule has 0 amide bonds. The van der Waals surface area contributed by atoms with Crippen LogP contribution in [0.2, 0.25) is 0 Å². The molecule has 0 unspecified atom stereocenters. The third kappa shape index (κ3) is 3.06. The molecule has 0 saturated carbocycles. The Morgan fingerprint density at radius 3 is 2.62 bits per heavy atom. The van der Waals surface area contributed by atoms with Crippen LogP contribution in [0.1, 0.15) is 12.0 Å². The van der Waals surface area contributed by atoms with Gasteiger partial charge < -0.3 is 4.74 Å². The smallest absolute Gasteiger partial charge is 0.0717 e. The third-order valence-corrected chi connectivity index (χ3v) is 3.07. The van der Waals surface area contributed by atoms with Crippen LogP contribution in [-0.4, -0.2) is 11.9 Å². The molecule has 0 bridgehead atoms. The van der Waals surface area contributed by atoms with E-state index < -0.39 is 0 Å². The molecule has 0 radical (unpaired) electrons. The summed E-state index contributed by atoms with van der Waals surface area (Å²) < 4.78 is 5.58. The second-order valence-electron chi connectivity index (χ2n) is 3.78. The first-order valence-electron chi connectivity index (χ1n) is 5.51. The molecule has 2 aromatic rings. The minimum atomic E-state index is 0.706. The molecule has 1 nitrogen and oxygen atoms in total. The number of ether oxygens (including phenoxy) is 1. The molecule has 0 saturated heterocycles. The van der Waals surface area contributed by atoms with E-state index in [1.165, 1.54) is 16.3 Å². The maximum Gasteiger partial charge on any atom is 0.0717 e.